The summed E-state index contributed by atoms with van der Waals surface area (Å²) >= 11 is 0. The van der Waals surface area contributed by atoms with E-state index in [0.717, 1.165) is 13.0 Å². The first kappa shape index (κ1) is 15.8. The molecular weight excluding hydrogens is 246 g/mol. The van der Waals surface area contributed by atoms with Crippen LogP contribution in [-0.4, -0.2) is 77.1 Å². The quantitative estimate of drug-likeness (QED) is 0.826. The van der Waals surface area contributed by atoms with E-state index in [1.807, 2.05) is 35.5 Å². The van der Waals surface area contributed by atoms with E-state index >= 15 is 0 Å². The van der Waals surface area contributed by atoms with Gasteiger partial charge in [-0.3, -0.25) is 9.69 Å². The van der Waals surface area contributed by atoms with Crippen LogP contribution in [0.25, 0.3) is 0 Å². The Labute approximate surface area is 115 Å². The van der Waals surface area contributed by atoms with Gasteiger partial charge >= 0.3 is 12.0 Å². The molecule has 2 amide bonds. The van der Waals surface area contributed by atoms with Crippen molar-refractivity contribution in [2.75, 3.05) is 39.3 Å². The van der Waals surface area contributed by atoms with E-state index in [9.17, 15) is 9.59 Å². The molecule has 1 aliphatic rings. The second-order valence-electron chi connectivity index (χ2n) is 5.17. The summed E-state index contributed by atoms with van der Waals surface area (Å²) in [6.07, 6.45) is 0.828. The molecule has 0 unspecified atom stereocenters. The molecular formula is C13H25N3O3. The third kappa shape index (κ3) is 4.70. The van der Waals surface area contributed by atoms with Crippen LogP contribution in [0.1, 0.15) is 27.2 Å². The highest BCUT2D eigenvalue weighted by Gasteiger charge is 2.24. The summed E-state index contributed by atoms with van der Waals surface area (Å²) in [5, 5.41) is 8.80. The van der Waals surface area contributed by atoms with Crippen molar-refractivity contribution in [2.45, 2.75) is 33.2 Å². The monoisotopic (exact) mass is 271 g/mol. The van der Waals surface area contributed by atoms with Gasteiger partial charge in [-0.2, -0.15) is 0 Å². The lowest BCUT2D eigenvalue weighted by Gasteiger charge is -2.31. The largest absolute Gasteiger partial charge is 0.480 e. The topological polar surface area (TPSA) is 64.1 Å². The average molecular weight is 271 g/mol. The van der Waals surface area contributed by atoms with Crippen molar-refractivity contribution in [3.63, 3.8) is 0 Å². The maximum Gasteiger partial charge on any atom is 0.320 e. The smallest absolute Gasteiger partial charge is 0.320 e. The number of hydrogen-bond acceptors (Lipinski definition) is 3. The Morgan fingerprint density at radius 3 is 2.42 bits per heavy atom. The number of carbonyl (C=O) groups excluding carboxylic acids is 1. The molecule has 1 rings (SSSR count). The van der Waals surface area contributed by atoms with Gasteiger partial charge in [-0.05, 0) is 27.2 Å². The molecule has 0 aliphatic carbocycles. The molecule has 1 N–H and O–H groups in total. The number of nitrogens with zero attached hydrogens (tertiary/aromatic N) is 3. The van der Waals surface area contributed by atoms with E-state index in [1.165, 1.54) is 0 Å². The standard InChI is InChI=1S/C13H25N3O3/c1-4-16(11(2)3)13(19)15-7-5-6-14(8-9-15)10-12(17)18/h11H,4-10H2,1-3H3,(H,17,18). The van der Waals surface area contributed by atoms with E-state index in [-0.39, 0.29) is 18.6 Å². The minimum absolute atomic E-state index is 0.0592. The molecule has 0 spiro atoms. The lowest BCUT2D eigenvalue weighted by Crippen LogP contribution is -2.47. The molecule has 0 saturated carbocycles. The third-order valence-electron chi connectivity index (χ3n) is 3.43. The SMILES string of the molecule is CCN(C(=O)N1CCCN(CC(=O)O)CC1)C(C)C. The first-order valence-electron chi connectivity index (χ1n) is 6.95. The van der Waals surface area contributed by atoms with Crippen LogP contribution in [0.2, 0.25) is 0 Å². The fraction of sp³-hybridized carbons (Fsp3) is 0.846. The van der Waals surface area contributed by atoms with Gasteiger partial charge in [-0.1, -0.05) is 0 Å². The fourth-order valence-corrected chi connectivity index (χ4v) is 2.41. The van der Waals surface area contributed by atoms with Gasteiger partial charge < -0.3 is 14.9 Å². The second-order valence-corrected chi connectivity index (χ2v) is 5.17. The molecule has 1 heterocycles. The molecule has 0 radical (unpaired) electrons. The maximum atomic E-state index is 12.4. The van der Waals surface area contributed by atoms with Crippen molar-refractivity contribution in [1.29, 1.82) is 0 Å². The highest BCUT2D eigenvalue weighted by atomic mass is 16.4. The van der Waals surface area contributed by atoms with Gasteiger partial charge in [0.2, 0.25) is 0 Å². The molecule has 1 fully saturated rings. The van der Waals surface area contributed by atoms with Crippen LogP contribution in [0.5, 0.6) is 0 Å². The normalized spacial score (nSPS) is 17.4. The summed E-state index contributed by atoms with van der Waals surface area (Å²) < 4.78 is 0. The van der Waals surface area contributed by atoms with Crippen LogP contribution >= 0.6 is 0 Å². The highest BCUT2D eigenvalue weighted by Crippen LogP contribution is 2.09. The predicted molar refractivity (Wildman–Crippen MR) is 73.2 cm³/mol. The third-order valence-corrected chi connectivity index (χ3v) is 3.43. The van der Waals surface area contributed by atoms with Gasteiger partial charge in [-0.25, -0.2) is 4.79 Å². The summed E-state index contributed by atoms with van der Waals surface area (Å²) in [7, 11) is 0. The molecule has 19 heavy (non-hydrogen) atoms. The van der Waals surface area contributed by atoms with Crippen molar-refractivity contribution >= 4 is 12.0 Å². The molecule has 0 aromatic heterocycles. The van der Waals surface area contributed by atoms with Crippen molar-refractivity contribution in [1.82, 2.24) is 14.7 Å². The molecule has 0 aromatic rings. The zero-order valence-electron chi connectivity index (χ0n) is 12.1. The summed E-state index contributed by atoms with van der Waals surface area (Å²) in [5.41, 5.74) is 0. The molecule has 1 aliphatic heterocycles. The lowest BCUT2D eigenvalue weighted by molar-refractivity contribution is -0.138. The minimum Gasteiger partial charge on any atom is -0.480 e. The van der Waals surface area contributed by atoms with Crippen LogP contribution in [0.3, 0.4) is 0 Å². The highest BCUT2D eigenvalue weighted by molar-refractivity contribution is 5.74. The van der Waals surface area contributed by atoms with E-state index in [4.69, 9.17) is 5.11 Å². The first-order valence-corrected chi connectivity index (χ1v) is 6.95. The number of hydrogen-bond donors (Lipinski definition) is 1. The number of carboxylic acid groups (broad SMARTS) is 1. The molecule has 110 valence electrons. The van der Waals surface area contributed by atoms with E-state index in [2.05, 4.69) is 0 Å². The van der Waals surface area contributed by atoms with Crippen molar-refractivity contribution < 1.29 is 14.7 Å². The first-order chi connectivity index (χ1) is 8.95. The van der Waals surface area contributed by atoms with Crippen molar-refractivity contribution in [3.05, 3.63) is 0 Å². The minimum atomic E-state index is -0.808. The summed E-state index contributed by atoms with van der Waals surface area (Å²) in [4.78, 5) is 28.6. The summed E-state index contributed by atoms with van der Waals surface area (Å²) in [5.74, 6) is -0.808. The second kappa shape index (κ2) is 7.33. The Morgan fingerprint density at radius 1 is 1.21 bits per heavy atom. The summed E-state index contributed by atoms with van der Waals surface area (Å²) in [6, 6.07) is 0.255. The van der Waals surface area contributed by atoms with Crippen LogP contribution in [0, 0.1) is 0 Å². The number of amides is 2. The molecule has 6 heteroatoms. The van der Waals surface area contributed by atoms with Crippen LogP contribution < -0.4 is 0 Å². The van der Waals surface area contributed by atoms with Crippen LogP contribution in [-0.2, 0) is 4.79 Å². The Bertz CT molecular complexity index is 320. The van der Waals surface area contributed by atoms with E-state index in [1.54, 1.807) is 0 Å². The van der Waals surface area contributed by atoms with Crippen LogP contribution in [0.15, 0.2) is 0 Å². The number of carbonyl (C=O) groups is 2. The number of urea groups is 1. The Balaban J connectivity index is 2.56. The summed E-state index contributed by atoms with van der Waals surface area (Å²) in [6.45, 7) is 9.44. The Hall–Kier alpha value is -1.30. The predicted octanol–water partition coefficient (Wildman–Crippen LogP) is 0.929. The number of carboxylic acids is 1. The molecule has 0 atom stereocenters. The molecule has 0 aromatic carbocycles. The number of rotatable bonds is 4. The average Bonchev–Trinajstić information content (AvgIpc) is 2.54. The van der Waals surface area contributed by atoms with Crippen molar-refractivity contribution in [2.24, 2.45) is 0 Å². The Kier molecular flexibility index (Phi) is 6.08. The van der Waals surface area contributed by atoms with Gasteiger partial charge in [0, 0.05) is 38.8 Å². The van der Waals surface area contributed by atoms with Crippen LogP contribution in [0.4, 0.5) is 4.79 Å². The maximum absolute atomic E-state index is 12.4. The molecule has 6 nitrogen and oxygen atoms in total. The lowest BCUT2D eigenvalue weighted by atomic mass is 10.3. The molecule has 1 saturated heterocycles. The zero-order chi connectivity index (χ0) is 14.4. The fourth-order valence-electron chi connectivity index (χ4n) is 2.41. The van der Waals surface area contributed by atoms with Gasteiger partial charge in [0.25, 0.3) is 0 Å². The Morgan fingerprint density at radius 2 is 1.89 bits per heavy atom. The van der Waals surface area contributed by atoms with Gasteiger partial charge in [-0.15, -0.1) is 0 Å². The van der Waals surface area contributed by atoms with E-state index < -0.39 is 5.97 Å². The number of aliphatic carboxylic acids is 1. The van der Waals surface area contributed by atoms with Gasteiger partial charge in [0.1, 0.15) is 0 Å². The van der Waals surface area contributed by atoms with Crippen molar-refractivity contribution in [3.8, 4) is 0 Å². The van der Waals surface area contributed by atoms with E-state index in [0.29, 0.717) is 26.2 Å². The zero-order valence-corrected chi connectivity index (χ0v) is 12.1. The van der Waals surface area contributed by atoms with Gasteiger partial charge in [0.15, 0.2) is 0 Å². The molecule has 0 bridgehead atoms. The van der Waals surface area contributed by atoms with Gasteiger partial charge in [0.05, 0.1) is 6.54 Å².